The van der Waals surface area contributed by atoms with Gasteiger partial charge in [-0.25, -0.2) is 0 Å². The number of aliphatic hydroxyl groups is 1. The Labute approximate surface area is 127 Å². The molecule has 1 N–H and O–H groups in total. The minimum atomic E-state index is 0.106. The molecule has 4 heteroatoms. The van der Waals surface area contributed by atoms with Crippen LogP contribution in [0, 0.1) is 0 Å². The van der Waals surface area contributed by atoms with Gasteiger partial charge in [-0.2, -0.15) is 0 Å². The first-order chi connectivity index (χ1) is 9.72. The van der Waals surface area contributed by atoms with Gasteiger partial charge in [0.2, 0.25) is 0 Å². The summed E-state index contributed by atoms with van der Waals surface area (Å²) in [6.07, 6.45) is 0.581. The average Bonchev–Trinajstić information content (AvgIpc) is 2.47. The van der Waals surface area contributed by atoms with E-state index in [4.69, 9.17) is 14.6 Å². The van der Waals surface area contributed by atoms with E-state index in [1.54, 1.807) is 7.11 Å². The second-order valence-corrected chi connectivity index (χ2v) is 5.28. The molecule has 2 aromatic rings. The molecule has 0 saturated heterocycles. The van der Waals surface area contributed by atoms with Crippen LogP contribution in [0.2, 0.25) is 0 Å². The van der Waals surface area contributed by atoms with E-state index in [0.29, 0.717) is 13.0 Å². The topological polar surface area (TPSA) is 38.7 Å². The molecular weight excluding hydrogens is 320 g/mol. The van der Waals surface area contributed by atoms with Gasteiger partial charge in [-0.15, -0.1) is 0 Å². The number of halogens is 1. The molecule has 106 valence electrons. The van der Waals surface area contributed by atoms with Crippen LogP contribution < -0.4 is 9.47 Å². The largest absolute Gasteiger partial charge is 0.497 e. The number of benzene rings is 2. The fourth-order valence-electron chi connectivity index (χ4n) is 1.89. The molecule has 3 nitrogen and oxygen atoms in total. The van der Waals surface area contributed by atoms with Crippen molar-refractivity contribution in [1.82, 2.24) is 0 Å². The zero-order valence-electron chi connectivity index (χ0n) is 11.3. The van der Waals surface area contributed by atoms with Gasteiger partial charge >= 0.3 is 0 Å². The Bertz CT molecular complexity index is 552. The van der Waals surface area contributed by atoms with E-state index < -0.39 is 0 Å². The molecule has 0 amide bonds. The average molecular weight is 337 g/mol. The van der Waals surface area contributed by atoms with Crippen molar-refractivity contribution in [2.24, 2.45) is 0 Å². The molecule has 0 aromatic heterocycles. The first kappa shape index (κ1) is 14.9. The second kappa shape index (κ2) is 7.31. The summed E-state index contributed by atoms with van der Waals surface area (Å²) in [5.74, 6) is 1.64. The zero-order chi connectivity index (χ0) is 14.4. The van der Waals surface area contributed by atoms with E-state index in [1.165, 1.54) is 0 Å². The predicted octanol–water partition coefficient (Wildman–Crippen LogP) is 3.57. The lowest BCUT2D eigenvalue weighted by Gasteiger charge is -2.12. The van der Waals surface area contributed by atoms with Crippen molar-refractivity contribution in [3.05, 3.63) is 58.1 Å². The standard InChI is InChI=1S/C16H17BrO3/c1-19-15-5-2-12(3-6-15)11-20-16-7-4-14(17)10-13(16)8-9-18/h2-7,10,18H,8-9,11H2,1H3. The van der Waals surface area contributed by atoms with Gasteiger partial charge in [-0.1, -0.05) is 28.1 Å². The van der Waals surface area contributed by atoms with E-state index in [2.05, 4.69) is 15.9 Å². The van der Waals surface area contributed by atoms with Crippen LogP contribution in [0.25, 0.3) is 0 Å². The summed E-state index contributed by atoms with van der Waals surface area (Å²) in [6, 6.07) is 13.6. The molecule has 0 bridgehead atoms. The van der Waals surface area contributed by atoms with Gasteiger partial charge in [0.1, 0.15) is 18.1 Å². The maximum atomic E-state index is 9.09. The summed E-state index contributed by atoms with van der Waals surface area (Å²) in [5, 5.41) is 9.09. The van der Waals surface area contributed by atoms with Crippen molar-refractivity contribution in [2.75, 3.05) is 13.7 Å². The maximum absolute atomic E-state index is 9.09. The lowest BCUT2D eigenvalue weighted by atomic mass is 10.1. The van der Waals surface area contributed by atoms with Crippen LogP contribution in [0.3, 0.4) is 0 Å². The Kier molecular flexibility index (Phi) is 5.44. The van der Waals surface area contributed by atoms with Crippen molar-refractivity contribution in [2.45, 2.75) is 13.0 Å². The third-order valence-electron chi connectivity index (χ3n) is 2.96. The van der Waals surface area contributed by atoms with Crippen LogP contribution in [0.15, 0.2) is 46.9 Å². The smallest absolute Gasteiger partial charge is 0.123 e. The summed E-state index contributed by atoms with van der Waals surface area (Å²) in [5.41, 5.74) is 2.07. The fraction of sp³-hybridized carbons (Fsp3) is 0.250. The quantitative estimate of drug-likeness (QED) is 0.876. The van der Waals surface area contributed by atoms with Gasteiger partial charge in [0.05, 0.1) is 7.11 Å². The van der Waals surface area contributed by atoms with Crippen molar-refractivity contribution < 1.29 is 14.6 Å². The van der Waals surface area contributed by atoms with Crippen LogP contribution in [0.1, 0.15) is 11.1 Å². The Morgan fingerprint density at radius 1 is 1.10 bits per heavy atom. The molecule has 0 atom stereocenters. The van der Waals surface area contributed by atoms with E-state index >= 15 is 0 Å². The van der Waals surface area contributed by atoms with Crippen molar-refractivity contribution in [3.8, 4) is 11.5 Å². The monoisotopic (exact) mass is 336 g/mol. The minimum absolute atomic E-state index is 0.106. The molecule has 0 radical (unpaired) electrons. The maximum Gasteiger partial charge on any atom is 0.123 e. The van der Waals surface area contributed by atoms with Gasteiger partial charge in [0, 0.05) is 11.1 Å². The first-order valence-electron chi connectivity index (χ1n) is 6.38. The SMILES string of the molecule is COc1ccc(COc2ccc(Br)cc2CCO)cc1. The molecule has 0 spiro atoms. The van der Waals surface area contributed by atoms with E-state index in [-0.39, 0.29) is 6.61 Å². The van der Waals surface area contributed by atoms with E-state index in [1.807, 2.05) is 42.5 Å². The number of hydrogen-bond donors (Lipinski definition) is 1. The number of aliphatic hydroxyl groups excluding tert-OH is 1. The van der Waals surface area contributed by atoms with E-state index in [9.17, 15) is 0 Å². The van der Waals surface area contributed by atoms with Crippen molar-refractivity contribution in [1.29, 1.82) is 0 Å². The molecular formula is C16H17BrO3. The van der Waals surface area contributed by atoms with Gasteiger partial charge in [-0.3, -0.25) is 0 Å². The molecule has 0 heterocycles. The highest BCUT2D eigenvalue weighted by atomic mass is 79.9. The van der Waals surface area contributed by atoms with Crippen LogP contribution in [-0.2, 0) is 13.0 Å². The fourth-order valence-corrected chi connectivity index (χ4v) is 2.30. The Hall–Kier alpha value is -1.52. The first-order valence-corrected chi connectivity index (χ1v) is 7.17. The van der Waals surface area contributed by atoms with Crippen molar-refractivity contribution >= 4 is 15.9 Å². The molecule has 0 saturated carbocycles. The predicted molar refractivity (Wildman–Crippen MR) is 82.3 cm³/mol. The Balaban J connectivity index is 2.05. The van der Waals surface area contributed by atoms with Crippen LogP contribution >= 0.6 is 15.9 Å². The highest BCUT2D eigenvalue weighted by molar-refractivity contribution is 9.10. The van der Waals surface area contributed by atoms with Gasteiger partial charge in [0.25, 0.3) is 0 Å². The van der Waals surface area contributed by atoms with Crippen LogP contribution in [0.4, 0.5) is 0 Å². The molecule has 0 unspecified atom stereocenters. The minimum Gasteiger partial charge on any atom is -0.497 e. The molecule has 0 fully saturated rings. The third kappa shape index (κ3) is 3.99. The normalized spacial score (nSPS) is 10.3. The van der Waals surface area contributed by atoms with E-state index in [0.717, 1.165) is 27.1 Å². The number of rotatable bonds is 6. The number of methoxy groups -OCH3 is 1. The zero-order valence-corrected chi connectivity index (χ0v) is 12.9. The summed E-state index contributed by atoms with van der Waals surface area (Å²) >= 11 is 3.43. The summed E-state index contributed by atoms with van der Waals surface area (Å²) < 4.78 is 11.9. The second-order valence-electron chi connectivity index (χ2n) is 4.36. The number of hydrogen-bond acceptors (Lipinski definition) is 3. The highest BCUT2D eigenvalue weighted by Gasteiger charge is 2.05. The van der Waals surface area contributed by atoms with Gasteiger partial charge in [-0.05, 0) is 47.9 Å². The molecule has 0 aliphatic heterocycles. The summed E-state index contributed by atoms with van der Waals surface area (Å²) in [6.45, 7) is 0.597. The third-order valence-corrected chi connectivity index (χ3v) is 3.45. The Morgan fingerprint density at radius 3 is 2.50 bits per heavy atom. The van der Waals surface area contributed by atoms with Gasteiger partial charge in [0.15, 0.2) is 0 Å². The van der Waals surface area contributed by atoms with Crippen LogP contribution in [-0.4, -0.2) is 18.8 Å². The molecule has 2 rings (SSSR count). The molecule has 0 aliphatic rings. The Morgan fingerprint density at radius 2 is 1.85 bits per heavy atom. The molecule has 20 heavy (non-hydrogen) atoms. The van der Waals surface area contributed by atoms with Crippen LogP contribution in [0.5, 0.6) is 11.5 Å². The van der Waals surface area contributed by atoms with Crippen molar-refractivity contribution in [3.63, 3.8) is 0 Å². The highest BCUT2D eigenvalue weighted by Crippen LogP contribution is 2.24. The summed E-state index contributed by atoms with van der Waals surface area (Å²) in [7, 11) is 1.65. The van der Waals surface area contributed by atoms with Gasteiger partial charge < -0.3 is 14.6 Å². The molecule has 2 aromatic carbocycles. The lowest BCUT2D eigenvalue weighted by Crippen LogP contribution is -2.00. The number of ether oxygens (including phenoxy) is 2. The molecule has 0 aliphatic carbocycles. The summed E-state index contributed by atoms with van der Waals surface area (Å²) in [4.78, 5) is 0. The lowest BCUT2D eigenvalue weighted by molar-refractivity contribution is 0.284.